The van der Waals surface area contributed by atoms with Crippen molar-refractivity contribution >= 4 is 72.3 Å². The molecule has 0 N–H and O–H groups in total. The zero-order valence-electron chi connectivity index (χ0n) is 20.9. The number of benzene rings is 5. The van der Waals surface area contributed by atoms with Crippen LogP contribution in [0.25, 0.3) is 49.3 Å². The van der Waals surface area contributed by atoms with Crippen molar-refractivity contribution in [3.8, 4) is 0 Å². The van der Waals surface area contributed by atoms with Gasteiger partial charge in [-0.3, -0.25) is 9.38 Å². The van der Waals surface area contributed by atoms with E-state index in [1.165, 1.54) is 0 Å². The Kier molecular flexibility index (Phi) is 4.76. The summed E-state index contributed by atoms with van der Waals surface area (Å²) < 4.78 is 17.9. The first-order valence-corrected chi connectivity index (χ1v) is 14.7. The number of aromatic nitrogens is 3. The predicted octanol–water partition coefficient (Wildman–Crippen LogP) is 6.98. The summed E-state index contributed by atoms with van der Waals surface area (Å²) >= 11 is 0. The maximum atomic E-state index is 15.7. The first-order chi connectivity index (χ1) is 19.2. The van der Waals surface area contributed by atoms with E-state index in [0.717, 1.165) is 59.9 Å². The smallest absolute Gasteiger partial charge is 0.174 e. The summed E-state index contributed by atoms with van der Waals surface area (Å²) in [7, 11) is -3.36. The number of imidazole rings is 1. The molecule has 0 saturated carbocycles. The van der Waals surface area contributed by atoms with E-state index in [4.69, 9.17) is 9.97 Å². The highest BCUT2D eigenvalue weighted by atomic mass is 31.2. The molecule has 0 aliphatic carbocycles. The molecule has 8 rings (SSSR count). The summed E-state index contributed by atoms with van der Waals surface area (Å²) in [6.45, 7) is 0. The van der Waals surface area contributed by atoms with Gasteiger partial charge < -0.3 is 4.57 Å². The summed E-state index contributed by atoms with van der Waals surface area (Å²) in [6, 6.07) is 42.5. The highest BCUT2D eigenvalue weighted by Gasteiger charge is 2.34. The molecule has 1 atom stereocenters. The molecule has 0 aliphatic rings. The SMILES string of the molecule is O=P(c1ccccc1)(c1cnc2ccccc2c1)c1cccc2nc3c4ccccc4c4ccccc4n3c12. The molecule has 3 aromatic heterocycles. The van der Waals surface area contributed by atoms with Crippen molar-refractivity contribution in [2.45, 2.75) is 0 Å². The fourth-order valence-corrected chi connectivity index (χ4v) is 8.68. The summed E-state index contributed by atoms with van der Waals surface area (Å²) in [5.41, 5.74) is 4.47. The molecule has 0 fully saturated rings. The van der Waals surface area contributed by atoms with Crippen molar-refractivity contribution in [3.05, 3.63) is 134 Å². The van der Waals surface area contributed by atoms with Gasteiger partial charge in [-0.2, -0.15) is 0 Å². The Labute approximate surface area is 224 Å². The van der Waals surface area contributed by atoms with Crippen molar-refractivity contribution < 1.29 is 4.57 Å². The average molecular weight is 520 g/mol. The number of pyridine rings is 2. The number of fused-ring (bicyclic) bond motifs is 9. The third kappa shape index (κ3) is 3.16. The molecule has 39 heavy (non-hydrogen) atoms. The highest BCUT2D eigenvalue weighted by Crippen LogP contribution is 2.45. The molecule has 184 valence electrons. The second-order valence-electron chi connectivity index (χ2n) is 9.81. The van der Waals surface area contributed by atoms with Crippen LogP contribution in [0.15, 0.2) is 134 Å². The lowest BCUT2D eigenvalue weighted by molar-refractivity contribution is 0.592. The Morgan fingerprint density at radius 2 is 1.28 bits per heavy atom. The molecule has 3 heterocycles. The van der Waals surface area contributed by atoms with Gasteiger partial charge in [-0.15, -0.1) is 0 Å². The predicted molar refractivity (Wildman–Crippen MR) is 162 cm³/mol. The zero-order valence-corrected chi connectivity index (χ0v) is 21.8. The number of hydrogen-bond donors (Lipinski definition) is 0. The van der Waals surface area contributed by atoms with E-state index in [1.807, 2.05) is 84.9 Å². The molecule has 0 saturated heterocycles. The van der Waals surface area contributed by atoms with Crippen LogP contribution in [0.1, 0.15) is 0 Å². The van der Waals surface area contributed by atoms with E-state index in [-0.39, 0.29) is 0 Å². The molecule has 5 aromatic carbocycles. The number of para-hydroxylation sites is 3. The van der Waals surface area contributed by atoms with Crippen LogP contribution in [0.3, 0.4) is 0 Å². The lowest BCUT2D eigenvalue weighted by Gasteiger charge is -2.21. The maximum absolute atomic E-state index is 15.7. The lowest BCUT2D eigenvalue weighted by Crippen LogP contribution is -2.26. The first-order valence-electron chi connectivity index (χ1n) is 13.0. The fourth-order valence-electron chi connectivity index (χ4n) is 5.88. The van der Waals surface area contributed by atoms with Crippen LogP contribution in [0.2, 0.25) is 0 Å². The number of nitrogens with zero attached hydrogens (tertiary/aromatic N) is 3. The van der Waals surface area contributed by atoms with E-state index in [0.29, 0.717) is 5.30 Å². The quantitative estimate of drug-likeness (QED) is 0.187. The summed E-state index contributed by atoms with van der Waals surface area (Å²) in [6.07, 6.45) is 1.78. The van der Waals surface area contributed by atoms with Gasteiger partial charge >= 0.3 is 0 Å². The molecular formula is C34H22N3OP. The number of rotatable bonds is 3. The van der Waals surface area contributed by atoms with E-state index in [9.17, 15) is 0 Å². The summed E-state index contributed by atoms with van der Waals surface area (Å²) in [5, 5.41) is 6.57. The molecular weight excluding hydrogens is 497 g/mol. The van der Waals surface area contributed by atoms with Crippen molar-refractivity contribution in [2.24, 2.45) is 0 Å². The second-order valence-corrected chi connectivity index (χ2v) is 12.5. The van der Waals surface area contributed by atoms with Crippen LogP contribution in [-0.2, 0) is 4.57 Å². The van der Waals surface area contributed by atoms with Crippen LogP contribution in [0.5, 0.6) is 0 Å². The van der Waals surface area contributed by atoms with Gasteiger partial charge in [0.15, 0.2) is 7.14 Å². The topological polar surface area (TPSA) is 47.3 Å². The Morgan fingerprint density at radius 1 is 0.590 bits per heavy atom. The third-order valence-corrected chi connectivity index (χ3v) is 10.7. The Morgan fingerprint density at radius 3 is 2.15 bits per heavy atom. The van der Waals surface area contributed by atoms with E-state index in [1.54, 1.807) is 6.20 Å². The molecule has 0 aliphatic heterocycles. The molecule has 5 heteroatoms. The molecule has 0 radical (unpaired) electrons. The minimum Gasteiger partial charge on any atom is -0.308 e. The summed E-state index contributed by atoms with van der Waals surface area (Å²) in [4.78, 5) is 9.86. The van der Waals surface area contributed by atoms with E-state index < -0.39 is 7.14 Å². The molecule has 1 unspecified atom stereocenters. The average Bonchev–Trinajstić information content (AvgIpc) is 3.41. The monoisotopic (exact) mass is 519 g/mol. The third-order valence-electron chi connectivity index (χ3n) is 7.66. The van der Waals surface area contributed by atoms with Crippen molar-refractivity contribution in [2.75, 3.05) is 0 Å². The van der Waals surface area contributed by atoms with Crippen molar-refractivity contribution in [1.29, 1.82) is 0 Å². The van der Waals surface area contributed by atoms with Gasteiger partial charge in [-0.05, 0) is 35.7 Å². The lowest BCUT2D eigenvalue weighted by atomic mass is 10.1. The largest absolute Gasteiger partial charge is 0.308 e. The van der Waals surface area contributed by atoms with Gasteiger partial charge in [0.25, 0.3) is 0 Å². The highest BCUT2D eigenvalue weighted by molar-refractivity contribution is 7.85. The van der Waals surface area contributed by atoms with Crippen LogP contribution in [0.4, 0.5) is 0 Å². The van der Waals surface area contributed by atoms with Crippen LogP contribution in [0, 0.1) is 0 Å². The van der Waals surface area contributed by atoms with E-state index in [2.05, 4.69) is 46.9 Å². The minimum absolute atomic E-state index is 0.708. The molecule has 8 aromatic rings. The van der Waals surface area contributed by atoms with Crippen molar-refractivity contribution in [3.63, 3.8) is 0 Å². The van der Waals surface area contributed by atoms with E-state index >= 15 is 4.57 Å². The molecule has 0 bridgehead atoms. The van der Waals surface area contributed by atoms with Gasteiger partial charge in [-0.1, -0.05) is 97.1 Å². The van der Waals surface area contributed by atoms with Crippen molar-refractivity contribution in [1.82, 2.24) is 14.4 Å². The standard InChI is InChI=1S/C34H22N3OP/c38-39(24-12-2-1-3-13-24,25-21-23-11-4-8-17-29(23)35-22-25)32-20-10-18-30-33(32)37-31-19-9-7-15-27(31)26-14-5-6-16-28(26)34(37)36-30/h1-22H. The summed E-state index contributed by atoms with van der Waals surface area (Å²) in [5.74, 6) is 0. The normalized spacial score (nSPS) is 13.4. The Hall–Kier alpha value is -4.79. The van der Waals surface area contributed by atoms with Crippen LogP contribution >= 0.6 is 7.14 Å². The van der Waals surface area contributed by atoms with Gasteiger partial charge in [0.2, 0.25) is 0 Å². The Bertz CT molecular complexity index is 2270. The Balaban J connectivity index is 1.57. The zero-order chi connectivity index (χ0) is 26.0. The van der Waals surface area contributed by atoms with Gasteiger partial charge in [-0.25, -0.2) is 4.98 Å². The second kappa shape index (κ2) is 8.36. The molecule has 4 nitrogen and oxygen atoms in total. The number of hydrogen-bond acceptors (Lipinski definition) is 3. The van der Waals surface area contributed by atoms with Gasteiger partial charge in [0, 0.05) is 38.3 Å². The maximum Gasteiger partial charge on any atom is 0.174 e. The van der Waals surface area contributed by atoms with Crippen LogP contribution in [-0.4, -0.2) is 14.4 Å². The molecule has 0 spiro atoms. The fraction of sp³-hybridized carbons (Fsp3) is 0. The van der Waals surface area contributed by atoms with Crippen LogP contribution < -0.4 is 15.9 Å². The van der Waals surface area contributed by atoms with Gasteiger partial charge in [0.05, 0.1) is 22.1 Å². The molecule has 0 amide bonds. The van der Waals surface area contributed by atoms with Gasteiger partial charge in [0.1, 0.15) is 5.65 Å². The first kappa shape index (κ1) is 22.2. The minimum atomic E-state index is -3.36.